The molecule has 3 aromatic carbocycles. The maximum absolute atomic E-state index is 12.8. The van der Waals surface area contributed by atoms with E-state index in [9.17, 15) is 4.79 Å². The number of carbonyl (C=O) groups is 1. The third-order valence-electron chi connectivity index (χ3n) is 12.7. The lowest BCUT2D eigenvalue weighted by Gasteiger charge is -2.50. The molecule has 8 unspecified atom stereocenters. The molecule has 0 bridgehead atoms. The van der Waals surface area contributed by atoms with Gasteiger partial charge in [-0.2, -0.15) is 0 Å². The molecule has 0 radical (unpaired) electrons. The van der Waals surface area contributed by atoms with Crippen molar-refractivity contribution >= 4 is 27.5 Å². The van der Waals surface area contributed by atoms with Gasteiger partial charge in [0.25, 0.3) is 0 Å². The fourth-order valence-electron chi connectivity index (χ4n) is 10.5. The Labute approximate surface area is 277 Å². The molecule has 3 nitrogen and oxygen atoms in total. The largest absolute Gasteiger partial charge is 0.494 e. The summed E-state index contributed by atoms with van der Waals surface area (Å²) in [5.41, 5.74) is 1.62. The van der Waals surface area contributed by atoms with Crippen LogP contribution in [0.4, 0.5) is 0 Å². The number of esters is 1. The van der Waals surface area contributed by atoms with Gasteiger partial charge in [0.1, 0.15) is 11.9 Å². The zero-order chi connectivity index (χ0) is 31.6. The molecule has 3 aromatic rings. The number of benzene rings is 3. The van der Waals surface area contributed by atoms with Gasteiger partial charge in [-0.05, 0) is 145 Å². The fraction of sp³-hybridized carbons (Fsp3) is 0.605. The Morgan fingerprint density at radius 1 is 0.761 bits per heavy atom. The summed E-state index contributed by atoms with van der Waals surface area (Å²) in [4.78, 5) is 12.8. The first kappa shape index (κ1) is 31.8. The van der Waals surface area contributed by atoms with Gasteiger partial charge in [-0.3, -0.25) is 4.79 Å². The molecule has 0 amide bonds. The second-order valence-electron chi connectivity index (χ2n) is 16.0. The van der Waals surface area contributed by atoms with Crippen molar-refractivity contribution in [3.8, 4) is 5.75 Å². The first-order chi connectivity index (χ1) is 22.4. The van der Waals surface area contributed by atoms with Crippen molar-refractivity contribution in [1.82, 2.24) is 0 Å². The lowest BCUT2D eigenvalue weighted by atomic mass is 9.56. The number of ether oxygens (including phenoxy) is 2. The van der Waals surface area contributed by atoms with Crippen molar-refractivity contribution in [2.24, 2.45) is 47.3 Å². The molecule has 3 heteroatoms. The van der Waals surface area contributed by atoms with Crippen molar-refractivity contribution in [3.63, 3.8) is 0 Å². The molecule has 0 saturated heterocycles. The molecular weight excluding hydrogens is 564 g/mol. The van der Waals surface area contributed by atoms with Gasteiger partial charge in [-0.25, -0.2) is 0 Å². The number of carbonyl (C=O) groups excluding carboxylic acids is 1. The first-order valence-electron chi connectivity index (χ1n) is 18.9. The molecule has 3 fully saturated rings. The predicted octanol–water partition coefficient (Wildman–Crippen LogP) is 11.3. The van der Waals surface area contributed by atoms with Gasteiger partial charge >= 0.3 is 5.97 Å². The number of fused-ring (bicyclic) bond motifs is 7. The van der Waals surface area contributed by atoms with Crippen LogP contribution in [0.15, 0.2) is 66.2 Å². The lowest BCUT2D eigenvalue weighted by molar-refractivity contribution is -0.150. The zero-order valence-corrected chi connectivity index (χ0v) is 28.6. The van der Waals surface area contributed by atoms with Gasteiger partial charge in [-0.15, -0.1) is 0 Å². The summed E-state index contributed by atoms with van der Waals surface area (Å²) in [7, 11) is 0. The SMILES string of the molecule is CC(C)CCCC(C)C1CCC2C1CCC1C3CCC(OC(=O)CCCOc4ccc5cc6ccccc6cc5c4)CC3=CCC12. The summed E-state index contributed by atoms with van der Waals surface area (Å²) in [6, 6.07) is 19.2. The van der Waals surface area contributed by atoms with Crippen LogP contribution in [0.25, 0.3) is 21.5 Å². The molecule has 7 rings (SSSR count). The van der Waals surface area contributed by atoms with Crippen LogP contribution in [-0.4, -0.2) is 18.7 Å². The quantitative estimate of drug-likeness (QED) is 0.0926. The molecule has 8 atom stereocenters. The molecule has 3 saturated carbocycles. The molecule has 4 aliphatic carbocycles. The van der Waals surface area contributed by atoms with Gasteiger partial charge in [0.15, 0.2) is 0 Å². The van der Waals surface area contributed by atoms with Crippen molar-refractivity contribution in [1.29, 1.82) is 0 Å². The van der Waals surface area contributed by atoms with E-state index in [1.54, 1.807) is 5.57 Å². The average molecular weight is 621 g/mol. The molecule has 0 spiro atoms. The number of rotatable bonds is 11. The summed E-state index contributed by atoms with van der Waals surface area (Å²) in [5.74, 6) is 7.96. The van der Waals surface area contributed by atoms with Crippen molar-refractivity contribution in [3.05, 3.63) is 66.2 Å². The van der Waals surface area contributed by atoms with Crippen LogP contribution in [-0.2, 0) is 9.53 Å². The maximum atomic E-state index is 12.8. The predicted molar refractivity (Wildman–Crippen MR) is 190 cm³/mol. The van der Waals surface area contributed by atoms with E-state index in [-0.39, 0.29) is 12.1 Å². The maximum Gasteiger partial charge on any atom is 0.306 e. The van der Waals surface area contributed by atoms with Crippen molar-refractivity contribution in [2.75, 3.05) is 6.61 Å². The molecular formula is C43H56O3. The highest BCUT2D eigenvalue weighted by Gasteiger charge is 2.50. The average Bonchev–Trinajstić information content (AvgIpc) is 3.50. The third kappa shape index (κ3) is 6.90. The van der Waals surface area contributed by atoms with Gasteiger partial charge in [0, 0.05) is 12.8 Å². The van der Waals surface area contributed by atoms with E-state index in [1.807, 2.05) is 6.07 Å². The summed E-state index contributed by atoms with van der Waals surface area (Å²) < 4.78 is 12.1. The van der Waals surface area contributed by atoms with Crippen LogP contribution in [0.1, 0.15) is 104 Å². The summed E-state index contributed by atoms with van der Waals surface area (Å²) in [6.45, 7) is 7.83. The van der Waals surface area contributed by atoms with Crippen LogP contribution in [0, 0.1) is 47.3 Å². The molecule has 4 aliphatic rings. The van der Waals surface area contributed by atoms with E-state index in [0.29, 0.717) is 19.4 Å². The highest BCUT2D eigenvalue weighted by molar-refractivity contribution is 5.98. The van der Waals surface area contributed by atoms with Crippen molar-refractivity contribution in [2.45, 2.75) is 110 Å². The van der Waals surface area contributed by atoms with E-state index in [2.05, 4.69) is 75.4 Å². The Hall–Kier alpha value is -2.81. The van der Waals surface area contributed by atoms with Crippen molar-refractivity contribution < 1.29 is 14.3 Å². The Morgan fingerprint density at radius 2 is 1.52 bits per heavy atom. The number of allylic oxidation sites excluding steroid dienone is 1. The minimum Gasteiger partial charge on any atom is -0.494 e. The van der Waals surface area contributed by atoms with E-state index < -0.39 is 0 Å². The van der Waals surface area contributed by atoms with E-state index in [0.717, 1.165) is 65.9 Å². The Kier molecular flexibility index (Phi) is 9.76. The standard InChI is InChI=1S/C43H56O3/c1-28(2)8-6-9-29(3)37-19-20-42-39(37)21-22-40-38-18-16-36(26-33(38)14-17-41(40)42)46-43(44)12-7-23-45-35-15-13-32-24-30-10-4-5-11-31(30)25-34(32)27-35/h4-5,10-11,13-15,24-25,27-29,36-42H,6-9,12,16-23,26H2,1-3H3. The van der Waals surface area contributed by atoms with Gasteiger partial charge in [-0.1, -0.05) is 82.0 Å². The molecule has 246 valence electrons. The number of hydrogen-bond acceptors (Lipinski definition) is 3. The van der Waals surface area contributed by atoms with Gasteiger partial charge in [0.05, 0.1) is 6.61 Å². The minimum absolute atomic E-state index is 0.0571. The summed E-state index contributed by atoms with van der Waals surface area (Å²) in [5, 5.41) is 4.88. The van der Waals surface area contributed by atoms with Crippen LogP contribution in [0.3, 0.4) is 0 Å². The first-order valence-corrected chi connectivity index (χ1v) is 18.9. The van der Waals surface area contributed by atoms with Gasteiger partial charge in [0.2, 0.25) is 0 Å². The van der Waals surface area contributed by atoms with Crippen LogP contribution < -0.4 is 4.74 Å². The van der Waals surface area contributed by atoms with Crippen LogP contribution >= 0.6 is 0 Å². The number of hydrogen-bond donors (Lipinski definition) is 0. The smallest absolute Gasteiger partial charge is 0.306 e. The second kappa shape index (κ2) is 14.1. The summed E-state index contributed by atoms with van der Waals surface area (Å²) >= 11 is 0. The Bertz CT molecular complexity index is 1540. The molecule has 46 heavy (non-hydrogen) atoms. The molecule has 0 aliphatic heterocycles. The lowest BCUT2D eigenvalue weighted by Crippen LogP contribution is -2.42. The highest BCUT2D eigenvalue weighted by atomic mass is 16.5. The highest BCUT2D eigenvalue weighted by Crippen LogP contribution is 2.59. The second-order valence-corrected chi connectivity index (χ2v) is 16.0. The Morgan fingerprint density at radius 3 is 2.35 bits per heavy atom. The van der Waals surface area contributed by atoms with E-state index in [1.165, 1.54) is 79.3 Å². The zero-order valence-electron chi connectivity index (χ0n) is 28.6. The molecule has 0 aromatic heterocycles. The van der Waals surface area contributed by atoms with Crippen LogP contribution in [0.2, 0.25) is 0 Å². The minimum atomic E-state index is -0.0636. The van der Waals surface area contributed by atoms with E-state index >= 15 is 0 Å². The normalized spacial score (nSPS) is 29.6. The fourth-order valence-corrected chi connectivity index (χ4v) is 10.5. The topological polar surface area (TPSA) is 35.5 Å². The van der Waals surface area contributed by atoms with Gasteiger partial charge < -0.3 is 9.47 Å². The third-order valence-corrected chi connectivity index (χ3v) is 12.7. The summed E-state index contributed by atoms with van der Waals surface area (Å²) in [6.07, 6.45) is 18.3. The Balaban J connectivity index is 0.860. The molecule has 0 heterocycles. The van der Waals surface area contributed by atoms with E-state index in [4.69, 9.17) is 9.47 Å². The van der Waals surface area contributed by atoms with Crippen LogP contribution in [0.5, 0.6) is 5.75 Å². The monoisotopic (exact) mass is 620 g/mol. The molecule has 0 N–H and O–H groups in total.